The molecule has 5 nitrogen and oxygen atoms in total. The fourth-order valence-electron chi connectivity index (χ4n) is 3.32. The number of hydrogen-bond acceptors (Lipinski definition) is 5. The van der Waals surface area contributed by atoms with Gasteiger partial charge in [0, 0.05) is 32.7 Å². The van der Waals surface area contributed by atoms with E-state index >= 15 is 0 Å². The molecule has 1 N–H and O–H groups in total. The van der Waals surface area contributed by atoms with Crippen LogP contribution in [0.15, 0.2) is 73.8 Å². The van der Waals surface area contributed by atoms with E-state index in [2.05, 4.69) is 35.1 Å². The van der Waals surface area contributed by atoms with Gasteiger partial charge in [0.1, 0.15) is 12.7 Å². The first-order valence-corrected chi connectivity index (χ1v) is 10.2. The Morgan fingerprint density at radius 1 is 0.967 bits per heavy atom. The molecule has 0 heterocycles. The molecule has 2 rings (SSSR count). The molecule has 1 atom stereocenters. The van der Waals surface area contributed by atoms with Gasteiger partial charge >= 0.3 is 0 Å². The van der Waals surface area contributed by atoms with Crippen LogP contribution in [0.4, 0.5) is 0 Å². The molecule has 162 valence electrons. The molecule has 2 aromatic carbocycles. The number of ether oxygens (including phenoxy) is 2. The summed E-state index contributed by atoms with van der Waals surface area (Å²) in [5.74, 6) is 1.29. The van der Waals surface area contributed by atoms with Gasteiger partial charge in [0.05, 0.1) is 7.11 Å². The van der Waals surface area contributed by atoms with Gasteiger partial charge in [0.15, 0.2) is 11.5 Å². The standard InChI is InChI=1S/C25H34N2O3/c1-5-14-27(15-6-2)18-22-12-13-24(29-4)25(16-22)30-20-23(28)19-26(3)17-21-10-8-7-9-11-21/h5-13,16,23,28H,1-2,14-15,17-20H2,3-4H3. The molecular weight excluding hydrogens is 376 g/mol. The first-order valence-electron chi connectivity index (χ1n) is 10.2. The normalized spacial score (nSPS) is 12.0. The SMILES string of the molecule is C=CCN(CC=C)Cc1ccc(OC)c(OCC(O)CN(C)Cc2ccccc2)c1. The summed E-state index contributed by atoms with van der Waals surface area (Å²) in [4.78, 5) is 4.30. The van der Waals surface area contributed by atoms with Crippen molar-refractivity contribution >= 4 is 0 Å². The Bertz CT molecular complexity index is 769. The van der Waals surface area contributed by atoms with Crippen molar-refractivity contribution in [3.63, 3.8) is 0 Å². The Balaban J connectivity index is 1.93. The maximum atomic E-state index is 10.4. The number of likely N-dealkylation sites (N-methyl/N-ethyl adjacent to an activating group) is 1. The van der Waals surface area contributed by atoms with E-state index in [-0.39, 0.29) is 6.61 Å². The predicted molar refractivity (Wildman–Crippen MR) is 123 cm³/mol. The third-order valence-electron chi connectivity index (χ3n) is 4.66. The zero-order valence-electron chi connectivity index (χ0n) is 18.2. The van der Waals surface area contributed by atoms with E-state index in [1.54, 1.807) is 7.11 Å². The summed E-state index contributed by atoms with van der Waals surface area (Å²) in [5, 5.41) is 10.4. The number of aliphatic hydroxyl groups is 1. The van der Waals surface area contributed by atoms with Crippen LogP contribution < -0.4 is 9.47 Å². The zero-order valence-corrected chi connectivity index (χ0v) is 18.2. The molecule has 0 aliphatic heterocycles. The van der Waals surface area contributed by atoms with E-state index < -0.39 is 6.10 Å². The Kier molecular flexibility index (Phi) is 10.1. The van der Waals surface area contributed by atoms with Crippen LogP contribution in [0.5, 0.6) is 11.5 Å². The number of methoxy groups -OCH3 is 1. The lowest BCUT2D eigenvalue weighted by molar-refractivity contribution is 0.0732. The average Bonchev–Trinajstić information content (AvgIpc) is 2.73. The number of nitrogens with zero attached hydrogens (tertiary/aromatic N) is 2. The Hall–Kier alpha value is -2.60. The minimum absolute atomic E-state index is 0.196. The van der Waals surface area contributed by atoms with E-state index in [4.69, 9.17) is 9.47 Å². The molecule has 0 radical (unpaired) electrons. The molecule has 0 aliphatic rings. The fourth-order valence-corrected chi connectivity index (χ4v) is 3.32. The molecule has 0 saturated heterocycles. The quantitative estimate of drug-likeness (QED) is 0.481. The first-order chi connectivity index (χ1) is 14.5. The summed E-state index contributed by atoms with van der Waals surface area (Å²) >= 11 is 0. The Morgan fingerprint density at radius 3 is 2.30 bits per heavy atom. The van der Waals surface area contributed by atoms with Crippen molar-refractivity contribution in [3.8, 4) is 11.5 Å². The molecule has 1 unspecified atom stereocenters. The van der Waals surface area contributed by atoms with Crippen LogP contribution in [0, 0.1) is 0 Å². The Morgan fingerprint density at radius 2 is 1.67 bits per heavy atom. The largest absolute Gasteiger partial charge is 0.493 e. The molecule has 0 fully saturated rings. The van der Waals surface area contributed by atoms with Gasteiger partial charge in [-0.25, -0.2) is 0 Å². The molecule has 0 aromatic heterocycles. The van der Waals surface area contributed by atoms with Crippen LogP contribution >= 0.6 is 0 Å². The summed E-state index contributed by atoms with van der Waals surface area (Å²) in [7, 11) is 3.61. The van der Waals surface area contributed by atoms with Crippen LogP contribution in [0.3, 0.4) is 0 Å². The van der Waals surface area contributed by atoms with Crippen LogP contribution in [-0.2, 0) is 13.1 Å². The number of rotatable bonds is 14. The van der Waals surface area contributed by atoms with E-state index in [1.807, 2.05) is 55.6 Å². The predicted octanol–water partition coefficient (Wildman–Crippen LogP) is 3.74. The van der Waals surface area contributed by atoms with Gasteiger partial charge in [-0.3, -0.25) is 9.80 Å². The third kappa shape index (κ3) is 8.03. The smallest absolute Gasteiger partial charge is 0.161 e. The van der Waals surface area contributed by atoms with Crippen molar-refractivity contribution in [2.24, 2.45) is 0 Å². The topological polar surface area (TPSA) is 45.2 Å². The van der Waals surface area contributed by atoms with E-state index in [1.165, 1.54) is 5.56 Å². The van der Waals surface area contributed by atoms with Gasteiger partial charge < -0.3 is 14.6 Å². The molecule has 0 amide bonds. The first kappa shape index (κ1) is 23.7. The summed E-state index contributed by atoms with van der Waals surface area (Å²) in [6.07, 6.45) is 3.16. The van der Waals surface area contributed by atoms with E-state index in [9.17, 15) is 5.11 Å². The highest BCUT2D eigenvalue weighted by atomic mass is 16.5. The third-order valence-corrected chi connectivity index (χ3v) is 4.66. The van der Waals surface area contributed by atoms with Gasteiger partial charge in [0.25, 0.3) is 0 Å². The maximum absolute atomic E-state index is 10.4. The van der Waals surface area contributed by atoms with Crippen molar-refractivity contribution < 1.29 is 14.6 Å². The minimum atomic E-state index is -0.606. The zero-order chi connectivity index (χ0) is 21.8. The molecular formula is C25H34N2O3. The lowest BCUT2D eigenvalue weighted by atomic mass is 10.2. The average molecular weight is 411 g/mol. The van der Waals surface area contributed by atoms with Gasteiger partial charge in [-0.15, -0.1) is 13.2 Å². The Labute approximate surface area is 180 Å². The van der Waals surface area contributed by atoms with Gasteiger partial charge in [-0.2, -0.15) is 0 Å². The summed E-state index contributed by atoms with van der Waals surface area (Å²) < 4.78 is 11.4. The van der Waals surface area contributed by atoms with Crippen molar-refractivity contribution in [3.05, 3.63) is 85.0 Å². The van der Waals surface area contributed by atoms with Crippen molar-refractivity contribution in [1.29, 1.82) is 0 Å². The second kappa shape index (κ2) is 12.9. The summed E-state index contributed by atoms with van der Waals surface area (Å²) in [5.41, 5.74) is 2.32. The highest BCUT2D eigenvalue weighted by Gasteiger charge is 2.13. The monoisotopic (exact) mass is 410 g/mol. The molecule has 0 spiro atoms. The maximum Gasteiger partial charge on any atom is 0.161 e. The van der Waals surface area contributed by atoms with Crippen LogP contribution in [0.25, 0.3) is 0 Å². The molecule has 2 aromatic rings. The number of hydrogen-bond donors (Lipinski definition) is 1. The number of aliphatic hydroxyl groups excluding tert-OH is 1. The lowest BCUT2D eigenvalue weighted by Gasteiger charge is -2.22. The highest BCUT2D eigenvalue weighted by molar-refractivity contribution is 5.43. The van der Waals surface area contributed by atoms with E-state index in [0.717, 1.165) is 31.7 Å². The molecule has 30 heavy (non-hydrogen) atoms. The van der Waals surface area contributed by atoms with Crippen molar-refractivity contribution in [2.45, 2.75) is 19.2 Å². The van der Waals surface area contributed by atoms with E-state index in [0.29, 0.717) is 18.0 Å². The highest BCUT2D eigenvalue weighted by Crippen LogP contribution is 2.28. The minimum Gasteiger partial charge on any atom is -0.493 e. The fraction of sp³-hybridized carbons (Fsp3) is 0.360. The second-order valence-corrected chi connectivity index (χ2v) is 7.40. The molecule has 5 heteroatoms. The second-order valence-electron chi connectivity index (χ2n) is 7.40. The molecule has 0 saturated carbocycles. The van der Waals surface area contributed by atoms with Crippen molar-refractivity contribution in [2.75, 3.05) is 40.4 Å². The molecule has 0 aliphatic carbocycles. The van der Waals surface area contributed by atoms with Gasteiger partial charge in [0.2, 0.25) is 0 Å². The summed E-state index contributed by atoms with van der Waals surface area (Å²) in [6, 6.07) is 16.1. The van der Waals surface area contributed by atoms with Crippen LogP contribution in [0.2, 0.25) is 0 Å². The van der Waals surface area contributed by atoms with Crippen LogP contribution in [0.1, 0.15) is 11.1 Å². The summed E-state index contributed by atoms with van der Waals surface area (Å²) in [6.45, 7) is 11.4. The number of benzene rings is 2. The van der Waals surface area contributed by atoms with Gasteiger partial charge in [-0.05, 0) is 30.3 Å². The molecule has 0 bridgehead atoms. The van der Waals surface area contributed by atoms with Gasteiger partial charge in [-0.1, -0.05) is 48.6 Å². The van der Waals surface area contributed by atoms with Crippen LogP contribution in [-0.4, -0.2) is 61.4 Å². The van der Waals surface area contributed by atoms with Crippen molar-refractivity contribution in [1.82, 2.24) is 9.80 Å². The lowest BCUT2D eigenvalue weighted by Crippen LogP contribution is -2.32.